The van der Waals surface area contributed by atoms with E-state index in [1.165, 1.54) is 4.57 Å². The van der Waals surface area contributed by atoms with Crippen molar-refractivity contribution in [2.24, 2.45) is 11.8 Å². The Kier molecular flexibility index (Phi) is 4.98. The summed E-state index contributed by atoms with van der Waals surface area (Å²) in [5.74, 6) is 1.60. The van der Waals surface area contributed by atoms with Gasteiger partial charge in [0.15, 0.2) is 5.65 Å². The molecule has 0 aromatic carbocycles. The van der Waals surface area contributed by atoms with Gasteiger partial charge in [0.05, 0.1) is 6.10 Å². The van der Waals surface area contributed by atoms with Crippen molar-refractivity contribution >= 4 is 11.2 Å². The van der Waals surface area contributed by atoms with Gasteiger partial charge in [0.2, 0.25) is 0 Å². The third-order valence-electron chi connectivity index (χ3n) is 7.06. The zero-order valence-corrected chi connectivity index (χ0v) is 17.2. The maximum Gasteiger partial charge on any atom is 0.332 e. The molecule has 0 radical (unpaired) electrons. The molecule has 4 unspecified atom stereocenters. The Balaban J connectivity index is 1.94. The first-order chi connectivity index (χ1) is 13.4. The van der Waals surface area contributed by atoms with E-state index in [1.807, 2.05) is 20.8 Å². The maximum absolute atomic E-state index is 13.0. The Morgan fingerprint density at radius 2 is 1.89 bits per heavy atom. The number of aromatic nitrogens is 4. The summed E-state index contributed by atoms with van der Waals surface area (Å²) in [7, 11) is 0. The highest BCUT2D eigenvalue weighted by Gasteiger charge is 2.53. The Morgan fingerprint density at radius 3 is 2.57 bits per heavy atom. The number of aryl methyl sites for hydroxylation is 1. The quantitative estimate of drug-likeness (QED) is 0.795. The molecule has 28 heavy (non-hydrogen) atoms. The Hall–Kier alpha value is -1.89. The lowest BCUT2D eigenvalue weighted by molar-refractivity contribution is 0.0427. The van der Waals surface area contributed by atoms with Crippen LogP contribution in [0.3, 0.4) is 0 Å². The second kappa shape index (κ2) is 7.17. The summed E-state index contributed by atoms with van der Waals surface area (Å²) < 4.78 is 2.98. The fourth-order valence-corrected chi connectivity index (χ4v) is 5.80. The number of rotatable bonds is 6. The zero-order chi connectivity index (χ0) is 20.1. The number of fused-ring (bicyclic) bond motifs is 3. The number of aromatic amines is 1. The molecule has 4 atom stereocenters. The van der Waals surface area contributed by atoms with Crippen LogP contribution in [-0.2, 0) is 18.5 Å². The van der Waals surface area contributed by atoms with E-state index in [9.17, 15) is 14.7 Å². The van der Waals surface area contributed by atoms with E-state index in [0.29, 0.717) is 30.2 Å². The summed E-state index contributed by atoms with van der Waals surface area (Å²) >= 11 is 0. The van der Waals surface area contributed by atoms with Crippen molar-refractivity contribution in [2.75, 3.05) is 0 Å². The molecule has 154 valence electrons. The molecule has 2 aliphatic carbocycles. The Bertz CT molecular complexity index is 986. The molecule has 7 heteroatoms. The topological polar surface area (TPSA) is 92.9 Å². The molecule has 2 aromatic rings. The molecular weight excluding hydrogens is 356 g/mol. The van der Waals surface area contributed by atoms with Crippen LogP contribution in [0.15, 0.2) is 9.59 Å². The van der Waals surface area contributed by atoms with Crippen molar-refractivity contribution < 1.29 is 5.11 Å². The molecule has 2 saturated carbocycles. The van der Waals surface area contributed by atoms with E-state index in [2.05, 4.69) is 4.98 Å². The van der Waals surface area contributed by atoms with Gasteiger partial charge in [0.1, 0.15) is 11.3 Å². The fourth-order valence-electron chi connectivity index (χ4n) is 5.80. The minimum atomic E-state index is -0.415. The second-order valence-electron chi connectivity index (χ2n) is 8.86. The van der Waals surface area contributed by atoms with E-state index in [-0.39, 0.29) is 22.6 Å². The summed E-state index contributed by atoms with van der Waals surface area (Å²) in [5, 5.41) is 10.5. The lowest BCUT2D eigenvalue weighted by atomic mass is 9.65. The lowest BCUT2D eigenvalue weighted by Gasteiger charge is -2.41. The number of aliphatic hydroxyl groups excluding tert-OH is 1. The first kappa shape index (κ1) is 19.4. The molecule has 4 rings (SSSR count). The molecule has 0 spiro atoms. The predicted molar refractivity (Wildman–Crippen MR) is 109 cm³/mol. The van der Waals surface area contributed by atoms with Crippen LogP contribution in [0.25, 0.3) is 11.2 Å². The average molecular weight is 389 g/mol. The Labute approximate surface area is 164 Å². The summed E-state index contributed by atoms with van der Waals surface area (Å²) in [6.45, 7) is 6.81. The highest BCUT2D eigenvalue weighted by atomic mass is 16.3. The normalized spacial score (nSPS) is 28.1. The van der Waals surface area contributed by atoms with Crippen molar-refractivity contribution in [1.29, 1.82) is 0 Å². The zero-order valence-electron chi connectivity index (χ0n) is 17.2. The minimum absolute atomic E-state index is 0.135. The van der Waals surface area contributed by atoms with E-state index in [0.717, 1.165) is 50.8 Å². The number of nitrogens with zero attached hydrogens (tertiary/aromatic N) is 3. The van der Waals surface area contributed by atoms with Crippen LogP contribution in [0.4, 0.5) is 0 Å². The second-order valence-corrected chi connectivity index (χ2v) is 8.86. The molecule has 0 amide bonds. The highest BCUT2D eigenvalue weighted by Crippen LogP contribution is 2.56. The van der Waals surface area contributed by atoms with Gasteiger partial charge in [-0.1, -0.05) is 20.3 Å². The summed E-state index contributed by atoms with van der Waals surface area (Å²) in [4.78, 5) is 34.2. The molecule has 0 saturated heterocycles. The van der Waals surface area contributed by atoms with Gasteiger partial charge in [-0.05, 0) is 57.3 Å². The Morgan fingerprint density at radius 1 is 1.18 bits per heavy atom. The van der Waals surface area contributed by atoms with Crippen molar-refractivity contribution in [3.8, 4) is 0 Å². The van der Waals surface area contributed by atoms with E-state index < -0.39 is 6.10 Å². The van der Waals surface area contributed by atoms with E-state index in [1.54, 1.807) is 4.57 Å². The fraction of sp³-hybridized carbons (Fsp3) is 0.762. The predicted octanol–water partition coefficient (Wildman–Crippen LogP) is 2.54. The van der Waals surface area contributed by atoms with Gasteiger partial charge in [-0.2, -0.15) is 0 Å². The van der Waals surface area contributed by atoms with Crippen LogP contribution in [-0.4, -0.2) is 30.3 Å². The van der Waals surface area contributed by atoms with Gasteiger partial charge >= 0.3 is 5.69 Å². The van der Waals surface area contributed by atoms with Crippen molar-refractivity contribution in [3.63, 3.8) is 0 Å². The van der Waals surface area contributed by atoms with E-state index in [4.69, 9.17) is 4.98 Å². The minimum Gasteiger partial charge on any atom is -0.393 e. The van der Waals surface area contributed by atoms with Gasteiger partial charge in [-0.3, -0.25) is 13.9 Å². The van der Waals surface area contributed by atoms with Crippen molar-refractivity contribution in [3.05, 3.63) is 26.7 Å². The van der Waals surface area contributed by atoms with Gasteiger partial charge < -0.3 is 10.1 Å². The third kappa shape index (κ3) is 2.78. The summed E-state index contributed by atoms with van der Waals surface area (Å²) in [5.41, 5.74) is 0.154. The first-order valence-corrected chi connectivity index (χ1v) is 10.8. The number of hydrogen-bond acceptors (Lipinski definition) is 4. The van der Waals surface area contributed by atoms with Gasteiger partial charge in [0.25, 0.3) is 5.56 Å². The lowest BCUT2D eigenvalue weighted by Crippen LogP contribution is -2.42. The molecule has 2 N–H and O–H groups in total. The largest absolute Gasteiger partial charge is 0.393 e. The van der Waals surface area contributed by atoms with Gasteiger partial charge in [-0.25, -0.2) is 9.78 Å². The number of H-pyrrole nitrogens is 1. The number of imidazole rings is 1. The average Bonchev–Trinajstić information content (AvgIpc) is 3.25. The van der Waals surface area contributed by atoms with E-state index >= 15 is 0 Å². The van der Waals surface area contributed by atoms with Crippen LogP contribution in [0.1, 0.15) is 71.5 Å². The van der Waals surface area contributed by atoms with Crippen LogP contribution in [0, 0.1) is 11.8 Å². The summed E-state index contributed by atoms with van der Waals surface area (Å²) in [6.07, 6.45) is 6.37. The van der Waals surface area contributed by atoms with Gasteiger partial charge in [-0.15, -0.1) is 0 Å². The maximum atomic E-state index is 13.0. The molecule has 7 nitrogen and oxygen atoms in total. The monoisotopic (exact) mass is 388 g/mol. The summed E-state index contributed by atoms with van der Waals surface area (Å²) in [6, 6.07) is 0. The molecule has 2 heterocycles. The number of nitrogens with one attached hydrogen (secondary N) is 1. The van der Waals surface area contributed by atoms with Crippen LogP contribution < -0.4 is 11.2 Å². The van der Waals surface area contributed by atoms with Crippen LogP contribution >= 0.6 is 0 Å². The molecular formula is C21H32N4O3. The smallest absolute Gasteiger partial charge is 0.332 e. The molecule has 2 aromatic heterocycles. The first-order valence-electron chi connectivity index (χ1n) is 10.8. The molecule has 0 aliphatic heterocycles. The van der Waals surface area contributed by atoms with Crippen molar-refractivity contribution in [2.45, 2.75) is 90.3 Å². The molecule has 2 bridgehead atoms. The standard InChI is InChI=1S/C21H32N4O3/c1-4-10-24-17-16(18(27)25(11-5-2)20(24)28)22-19(23-17)21-9-8-14(12-21)6-7-15(21)13(3)26/h13-15,26H,4-12H2,1-3H3,(H,22,23). The highest BCUT2D eigenvalue weighted by molar-refractivity contribution is 5.70. The number of aliphatic hydroxyl groups is 1. The van der Waals surface area contributed by atoms with Crippen LogP contribution in [0.2, 0.25) is 0 Å². The van der Waals surface area contributed by atoms with Crippen LogP contribution in [0.5, 0.6) is 0 Å². The molecule has 2 aliphatic rings. The SMILES string of the molecule is CCCn1c(=O)c2[nH]c(C34CCC(CCC3C(C)O)C4)nc2n(CCC)c1=O. The third-order valence-corrected chi connectivity index (χ3v) is 7.06. The number of hydrogen-bond donors (Lipinski definition) is 2. The van der Waals surface area contributed by atoms with Crippen molar-refractivity contribution in [1.82, 2.24) is 19.1 Å². The van der Waals surface area contributed by atoms with Gasteiger partial charge in [0, 0.05) is 18.5 Å². The molecule has 2 fully saturated rings.